The monoisotopic (exact) mass is 408 g/mol. The minimum atomic E-state index is -0.0473. The second-order valence-corrected chi connectivity index (χ2v) is 7.80. The van der Waals surface area contributed by atoms with E-state index in [1.54, 1.807) is 6.20 Å². The Kier molecular flexibility index (Phi) is 5.42. The fraction of sp³-hybridized carbons (Fsp3) is 0.192. The van der Waals surface area contributed by atoms with Gasteiger partial charge in [-0.3, -0.25) is 14.7 Å². The normalized spacial score (nSPS) is 14.8. The van der Waals surface area contributed by atoms with Crippen LogP contribution in [0.4, 0.5) is 0 Å². The molecule has 0 bridgehead atoms. The van der Waals surface area contributed by atoms with Crippen LogP contribution in [0.1, 0.15) is 27.7 Å². The molecule has 0 N–H and O–H groups in total. The highest BCUT2D eigenvalue weighted by molar-refractivity contribution is 5.93. The summed E-state index contributed by atoms with van der Waals surface area (Å²) < 4.78 is 0. The SMILES string of the molecule is O=C(c1cnc2ccccc2n1)N1CCN(C(c2ccccc2)c2ccccc2)CC1. The number of fused-ring (bicyclic) bond motifs is 1. The molecule has 5 heteroatoms. The van der Waals surface area contributed by atoms with Gasteiger partial charge < -0.3 is 4.90 Å². The summed E-state index contributed by atoms with van der Waals surface area (Å²) in [6.07, 6.45) is 1.59. The third-order valence-corrected chi connectivity index (χ3v) is 5.86. The zero-order valence-corrected chi connectivity index (χ0v) is 17.3. The second kappa shape index (κ2) is 8.66. The van der Waals surface area contributed by atoms with E-state index in [1.807, 2.05) is 41.3 Å². The van der Waals surface area contributed by atoms with Gasteiger partial charge in [0.05, 0.1) is 23.3 Å². The molecule has 0 saturated carbocycles. The third kappa shape index (κ3) is 4.05. The van der Waals surface area contributed by atoms with Crippen LogP contribution >= 0.6 is 0 Å². The van der Waals surface area contributed by atoms with Crippen molar-refractivity contribution >= 4 is 16.9 Å². The Labute approximate surface area is 182 Å². The Bertz CT molecular complexity index is 1130. The standard InChI is InChI=1S/C26H24N4O/c31-26(24-19-27-22-13-7-8-14-23(22)28-24)30-17-15-29(16-18-30)25(20-9-3-1-4-10-20)21-11-5-2-6-12-21/h1-14,19,25H,15-18H2. The first-order valence-electron chi connectivity index (χ1n) is 10.6. The number of hydrogen-bond acceptors (Lipinski definition) is 4. The molecule has 154 valence electrons. The molecule has 0 radical (unpaired) electrons. The van der Waals surface area contributed by atoms with E-state index >= 15 is 0 Å². The Balaban J connectivity index is 1.34. The Morgan fingerprint density at radius 3 is 1.87 bits per heavy atom. The Morgan fingerprint density at radius 2 is 1.26 bits per heavy atom. The van der Waals surface area contributed by atoms with Crippen LogP contribution in [0, 0.1) is 0 Å². The number of amides is 1. The van der Waals surface area contributed by atoms with Gasteiger partial charge in [-0.1, -0.05) is 72.8 Å². The molecule has 0 unspecified atom stereocenters. The summed E-state index contributed by atoms with van der Waals surface area (Å²) in [6.45, 7) is 2.95. The van der Waals surface area contributed by atoms with Gasteiger partial charge in [0.2, 0.25) is 0 Å². The van der Waals surface area contributed by atoms with E-state index < -0.39 is 0 Å². The van der Waals surface area contributed by atoms with Crippen LogP contribution < -0.4 is 0 Å². The average Bonchev–Trinajstić information content (AvgIpc) is 2.85. The molecule has 31 heavy (non-hydrogen) atoms. The van der Waals surface area contributed by atoms with Crippen LogP contribution in [0.3, 0.4) is 0 Å². The molecular weight excluding hydrogens is 384 g/mol. The number of carbonyl (C=O) groups is 1. The largest absolute Gasteiger partial charge is 0.335 e. The lowest BCUT2D eigenvalue weighted by molar-refractivity contribution is 0.0592. The van der Waals surface area contributed by atoms with E-state index in [1.165, 1.54) is 11.1 Å². The summed E-state index contributed by atoms with van der Waals surface area (Å²) in [5.74, 6) is -0.0473. The maximum atomic E-state index is 13.1. The van der Waals surface area contributed by atoms with E-state index in [4.69, 9.17) is 0 Å². The van der Waals surface area contributed by atoms with Crippen LogP contribution in [0.5, 0.6) is 0 Å². The topological polar surface area (TPSA) is 49.3 Å². The van der Waals surface area contributed by atoms with Gasteiger partial charge in [0.1, 0.15) is 5.69 Å². The molecule has 1 aliphatic heterocycles. The van der Waals surface area contributed by atoms with Gasteiger partial charge in [0, 0.05) is 26.2 Å². The maximum Gasteiger partial charge on any atom is 0.274 e. The molecule has 1 saturated heterocycles. The van der Waals surface area contributed by atoms with Gasteiger partial charge in [-0.05, 0) is 23.3 Å². The van der Waals surface area contributed by atoms with E-state index in [-0.39, 0.29) is 11.9 Å². The van der Waals surface area contributed by atoms with Crippen molar-refractivity contribution in [2.45, 2.75) is 6.04 Å². The highest BCUT2D eigenvalue weighted by Crippen LogP contribution is 2.29. The first kappa shape index (κ1) is 19.4. The van der Waals surface area contributed by atoms with Crippen LogP contribution in [0.15, 0.2) is 91.1 Å². The van der Waals surface area contributed by atoms with Crippen LogP contribution in [-0.2, 0) is 0 Å². The molecule has 1 aliphatic rings. The highest BCUT2D eigenvalue weighted by Gasteiger charge is 2.29. The number of nitrogens with zero attached hydrogens (tertiary/aromatic N) is 4. The lowest BCUT2D eigenvalue weighted by atomic mass is 9.96. The molecule has 5 rings (SSSR count). The number of carbonyl (C=O) groups excluding carboxylic acids is 1. The molecule has 1 fully saturated rings. The maximum absolute atomic E-state index is 13.1. The van der Waals surface area contributed by atoms with Crippen LogP contribution in [0.25, 0.3) is 11.0 Å². The first-order chi connectivity index (χ1) is 15.3. The van der Waals surface area contributed by atoms with Crippen molar-refractivity contribution in [2.75, 3.05) is 26.2 Å². The lowest BCUT2D eigenvalue weighted by Gasteiger charge is -2.39. The van der Waals surface area contributed by atoms with Crippen molar-refractivity contribution in [2.24, 2.45) is 0 Å². The lowest BCUT2D eigenvalue weighted by Crippen LogP contribution is -2.50. The number of rotatable bonds is 4. The average molecular weight is 409 g/mol. The summed E-state index contributed by atoms with van der Waals surface area (Å²) >= 11 is 0. The summed E-state index contributed by atoms with van der Waals surface area (Å²) in [5, 5.41) is 0. The molecular formula is C26H24N4O. The fourth-order valence-electron chi connectivity index (χ4n) is 4.29. The smallest absolute Gasteiger partial charge is 0.274 e. The van der Waals surface area contributed by atoms with Crippen molar-refractivity contribution in [1.29, 1.82) is 0 Å². The van der Waals surface area contributed by atoms with E-state index in [0.717, 1.165) is 24.1 Å². The first-order valence-corrected chi connectivity index (χ1v) is 10.6. The Hall–Kier alpha value is -3.57. The summed E-state index contributed by atoms with van der Waals surface area (Å²) in [4.78, 5) is 26.3. The number of hydrogen-bond donors (Lipinski definition) is 0. The van der Waals surface area contributed by atoms with Crippen molar-refractivity contribution in [1.82, 2.24) is 19.8 Å². The molecule has 0 atom stereocenters. The predicted molar refractivity (Wildman–Crippen MR) is 122 cm³/mol. The Morgan fingerprint density at radius 1 is 0.710 bits per heavy atom. The van der Waals surface area contributed by atoms with E-state index in [9.17, 15) is 4.79 Å². The fourth-order valence-corrected chi connectivity index (χ4v) is 4.29. The minimum absolute atomic E-state index is 0.0473. The molecule has 3 aromatic carbocycles. The quantitative estimate of drug-likeness (QED) is 0.508. The number of benzene rings is 3. The van der Waals surface area contributed by atoms with Crippen LogP contribution in [-0.4, -0.2) is 51.9 Å². The summed E-state index contributed by atoms with van der Waals surface area (Å²) in [5.41, 5.74) is 4.51. The zero-order chi connectivity index (χ0) is 21.0. The predicted octanol–water partition coefficient (Wildman–Crippen LogP) is 4.18. The molecule has 2 heterocycles. The van der Waals surface area contributed by atoms with Crippen molar-refractivity contribution < 1.29 is 4.79 Å². The molecule has 0 aliphatic carbocycles. The van der Waals surface area contributed by atoms with Gasteiger partial charge >= 0.3 is 0 Å². The molecule has 5 nitrogen and oxygen atoms in total. The molecule has 1 amide bonds. The van der Waals surface area contributed by atoms with Gasteiger partial charge in [-0.25, -0.2) is 4.98 Å². The van der Waals surface area contributed by atoms with Gasteiger partial charge in [-0.2, -0.15) is 0 Å². The van der Waals surface area contributed by atoms with Gasteiger partial charge in [0.25, 0.3) is 5.91 Å². The van der Waals surface area contributed by atoms with Crippen molar-refractivity contribution in [3.63, 3.8) is 0 Å². The minimum Gasteiger partial charge on any atom is -0.335 e. The molecule has 0 spiro atoms. The molecule has 4 aromatic rings. The number of piperazine rings is 1. The van der Waals surface area contributed by atoms with Gasteiger partial charge in [0.15, 0.2) is 0 Å². The number of para-hydroxylation sites is 2. The van der Waals surface area contributed by atoms with Gasteiger partial charge in [-0.15, -0.1) is 0 Å². The summed E-state index contributed by atoms with van der Waals surface area (Å²) in [7, 11) is 0. The van der Waals surface area contributed by atoms with Crippen molar-refractivity contribution in [3.05, 3.63) is 108 Å². The van der Waals surface area contributed by atoms with E-state index in [2.05, 4.69) is 63.4 Å². The van der Waals surface area contributed by atoms with E-state index in [0.29, 0.717) is 18.8 Å². The highest BCUT2D eigenvalue weighted by atomic mass is 16.2. The number of aromatic nitrogens is 2. The molecule has 1 aromatic heterocycles. The third-order valence-electron chi connectivity index (χ3n) is 5.86. The van der Waals surface area contributed by atoms with Crippen LogP contribution in [0.2, 0.25) is 0 Å². The van der Waals surface area contributed by atoms with Crippen molar-refractivity contribution in [3.8, 4) is 0 Å². The zero-order valence-electron chi connectivity index (χ0n) is 17.3. The summed E-state index contributed by atoms with van der Waals surface area (Å²) in [6, 6.07) is 29.0. The second-order valence-electron chi connectivity index (χ2n) is 7.80.